The van der Waals surface area contributed by atoms with Gasteiger partial charge in [0.05, 0.1) is 15.7 Å². The molecule has 1 aromatic rings. The van der Waals surface area contributed by atoms with Gasteiger partial charge < -0.3 is 4.90 Å². The van der Waals surface area contributed by atoms with E-state index in [2.05, 4.69) is 25.7 Å². The Labute approximate surface area is 160 Å². The van der Waals surface area contributed by atoms with Crippen LogP contribution in [0.3, 0.4) is 0 Å². The summed E-state index contributed by atoms with van der Waals surface area (Å²) in [5, 5.41) is 2.19. The van der Waals surface area contributed by atoms with Gasteiger partial charge in [-0.15, -0.1) is 0 Å². The number of rotatable bonds is 3. The van der Waals surface area contributed by atoms with Gasteiger partial charge in [0.25, 0.3) is 0 Å². The average molecular weight is 385 g/mol. The van der Waals surface area contributed by atoms with E-state index in [1.807, 2.05) is 30.0 Å². The van der Waals surface area contributed by atoms with Crippen LogP contribution in [0, 0.1) is 5.92 Å². The lowest BCUT2D eigenvalue weighted by Gasteiger charge is -2.35. The smallest absolute Gasteiger partial charge is 0.165 e. The van der Waals surface area contributed by atoms with E-state index in [-0.39, 0.29) is 4.75 Å². The molecular formula is C19H26Cl2N2S. The van der Waals surface area contributed by atoms with Crippen LogP contribution in [-0.4, -0.2) is 27.4 Å². The number of nitrogens with zero attached hydrogens (tertiary/aromatic N) is 2. The van der Waals surface area contributed by atoms with Crippen molar-refractivity contribution in [3.8, 4) is 0 Å². The maximum atomic E-state index is 6.35. The molecule has 3 rings (SSSR count). The van der Waals surface area contributed by atoms with E-state index >= 15 is 0 Å². The Balaban J connectivity index is 1.88. The van der Waals surface area contributed by atoms with Gasteiger partial charge in [-0.1, -0.05) is 60.3 Å². The van der Waals surface area contributed by atoms with Crippen molar-refractivity contribution in [2.75, 3.05) is 6.54 Å². The second-order valence-corrected chi connectivity index (χ2v) is 10.1. The van der Waals surface area contributed by atoms with Gasteiger partial charge in [0, 0.05) is 17.3 Å². The Hall–Kier alpha value is -0.380. The van der Waals surface area contributed by atoms with Gasteiger partial charge in [0.2, 0.25) is 0 Å². The molecule has 24 heavy (non-hydrogen) atoms. The van der Waals surface area contributed by atoms with Crippen molar-refractivity contribution in [3.05, 3.63) is 28.2 Å². The first-order valence-electron chi connectivity index (χ1n) is 8.86. The Morgan fingerprint density at radius 2 is 1.92 bits per heavy atom. The molecular weight excluding hydrogens is 359 g/mol. The van der Waals surface area contributed by atoms with Gasteiger partial charge in [0.1, 0.15) is 0 Å². The zero-order valence-electron chi connectivity index (χ0n) is 14.7. The molecule has 0 radical (unpaired) electrons. The Bertz CT molecular complexity index is 624. The van der Waals surface area contributed by atoms with Crippen LogP contribution in [0.5, 0.6) is 0 Å². The van der Waals surface area contributed by atoms with E-state index in [1.54, 1.807) is 0 Å². The molecule has 1 saturated heterocycles. The zero-order valence-corrected chi connectivity index (χ0v) is 17.0. The number of benzene rings is 1. The monoisotopic (exact) mass is 384 g/mol. The van der Waals surface area contributed by atoms with E-state index in [9.17, 15) is 0 Å². The zero-order chi connectivity index (χ0) is 17.3. The van der Waals surface area contributed by atoms with Crippen LogP contribution in [0.1, 0.15) is 52.9 Å². The maximum Gasteiger partial charge on any atom is 0.165 e. The minimum absolute atomic E-state index is 0.173. The minimum atomic E-state index is 0.173. The fourth-order valence-corrected chi connectivity index (χ4v) is 5.30. The Morgan fingerprint density at radius 1 is 1.21 bits per heavy atom. The molecule has 0 amide bonds. The first kappa shape index (κ1) is 18.4. The van der Waals surface area contributed by atoms with E-state index < -0.39 is 0 Å². The molecule has 0 spiro atoms. The second kappa shape index (κ2) is 7.47. The first-order chi connectivity index (χ1) is 11.4. The molecule has 1 heterocycles. The standard InChI is InChI=1S/C19H26Cl2N2S/c1-13(14-8-5-4-6-9-14)23-12-19(2,3)24-18(23)22-16-11-7-10-15(20)17(16)21/h7,10-11,13-14H,4-6,8-9,12H2,1-3H3/t13-/m0/s1. The summed E-state index contributed by atoms with van der Waals surface area (Å²) in [5.41, 5.74) is 0.769. The summed E-state index contributed by atoms with van der Waals surface area (Å²) >= 11 is 14.4. The quantitative estimate of drug-likeness (QED) is 0.570. The van der Waals surface area contributed by atoms with Crippen LogP contribution >= 0.6 is 35.0 Å². The number of aliphatic imine (C=N–C) groups is 1. The van der Waals surface area contributed by atoms with Crippen LogP contribution in [-0.2, 0) is 0 Å². The van der Waals surface area contributed by atoms with Crippen molar-refractivity contribution in [2.24, 2.45) is 10.9 Å². The molecule has 2 fully saturated rings. The highest BCUT2D eigenvalue weighted by molar-refractivity contribution is 8.15. The fourth-order valence-electron chi connectivity index (χ4n) is 3.77. The minimum Gasteiger partial charge on any atom is -0.347 e. The highest BCUT2D eigenvalue weighted by atomic mass is 35.5. The Morgan fingerprint density at radius 3 is 2.62 bits per heavy atom. The third-order valence-corrected chi connectivity index (χ3v) is 7.13. The lowest BCUT2D eigenvalue weighted by molar-refractivity contribution is 0.197. The highest BCUT2D eigenvalue weighted by Gasteiger charge is 2.39. The maximum absolute atomic E-state index is 6.35. The second-order valence-electron chi connectivity index (χ2n) is 7.60. The summed E-state index contributed by atoms with van der Waals surface area (Å²) in [6.45, 7) is 7.99. The van der Waals surface area contributed by atoms with Gasteiger partial charge in [-0.3, -0.25) is 0 Å². The van der Waals surface area contributed by atoms with Gasteiger partial charge in [0.15, 0.2) is 5.17 Å². The third kappa shape index (κ3) is 4.05. The third-order valence-electron chi connectivity index (χ3n) is 5.14. The van der Waals surface area contributed by atoms with Gasteiger partial charge in [-0.25, -0.2) is 4.99 Å². The molecule has 2 nitrogen and oxygen atoms in total. The van der Waals surface area contributed by atoms with Gasteiger partial charge >= 0.3 is 0 Å². The summed E-state index contributed by atoms with van der Waals surface area (Å²) in [4.78, 5) is 7.40. The van der Waals surface area contributed by atoms with Gasteiger partial charge in [-0.2, -0.15) is 0 Å². The lowest BCUT2D eigenvalue weighted by Crippen LogP contribution is -2.41. The van der Waals surface area contributed by atoms with Crippen LogP contribution in [0.25, 0.3) is 0 Å². The van der Waals surface area contributed by atoms with E-state index in [0.717, 1.165) is 23.3 Å². The molecule has 0 unspecified atom stereocenters. The number of halogens is 2. The predicted molar refractivity (Wildman–Crippen MR) is 108 cm³/mol. The molecule has 0 N–H and O–H groups in total. The molecule has 1 aliphatic heterocycles. The molecule has 1 aromatic carbocycles. The van der Waals surface area contributed by atoms with Crippen molar-refractivity contribution in [3.63, 3.8) is 0 Å². The summed E-state index contributed by atoms with van der Waals surface area (Å²) in [6.07, 6.45) is 6.81. The molecule has 1 aliphatic carbocycles. The first-order valence-corrected chi connectivity index (χ1v) is 10.4. The molecule has 1 saturated carbocycles. The Kier molecular flexibility index (Phi) is 5.73. The normalized spacial score (nSPS) is 24.5. The van der Waals surface area contributed by atoms with E-state index in [4.69, 9.17) is 28.2 Å². The lowest BCUT2D eigenvalue weighted by atomic mass is 9.84. The molecule has 1 atom stereocenters. The van der Waals surface area contributed by atoms with Crippen LogP contribution in [0.4, 0.5) is 5.69 Å². The van der Waals surface area contributed by atoms with Crippen molar-refractivity contribution in [1.82, 2.24) is 4.90 Å². The summed E-state index contributed by atoms with van der Waals surface area (Å²) in [5.74, 6) is 0.772. The van der Waals surface area contributed by atoms with Crippen molar-refractivity contribution in [2.45, 2.75) is 63.7 Å². The highest BCUT2D eigenvalue weighted by Crippen LogP contribution is 2.42. The van der Waals surface area contributed by atoms with Crippen LogP contribution < -0.4 is 0 Å². The number of thioether (sulfide) groups is 1. The van der Waals surface area contributed by atoms with Crippen molar-refractivity contribution < 1.29 is 0 Å². The van der Waals surface area contributed by atoms with Gasteiger partial charge in [-0.05, 0) is 51.7 Å². The number of hydrogen-bond acceptors (Lipinski definition) is 2. The summed E-state index contributed by atoms with van der Waals surface area (Å²) < 4.78 is 0.173. The topological polar surface area (TPSA) is 15.6 Å². The predicted octanol–water partition coefficient (Wildman–Crippen LogP) is 6.78. The fraction of sp³-hybridized carbons (Fsp3) is 0.632. The molecule has 0 bridgehead atoms. The van der Waals surface area contributed by atoms with Crippen LogP contribution in [0.2, 0.25) is 10.0 Å². The average Bonchev–Trinajstić information content (AvgIpc) is 2.86. The molecule has 2 aliphatic rings. The molecule has 0 aromatic heterocycles. The number of hydrogen-bond donors (Lipinski definition) is 0. The molecule has 132 valence electrons. The summed E-state index contributed by atoms with van der Waals surface area (Å²) in [6, 6.07) is 6.18. The van der Waals surface area contributed by atoms with Crippen LogP contribution in [0.15, 0.2) is 23.2 Å². The van der Waals surface area contributed by atoms with E-state index in [1.165, 1.54) is 32.1 Å². The summed E-state index contributed by atoms with van der Waals surface area (Å²) in [7, 11) is 0. The van der Waals surface area contributed by atoms with Crippen molar-refractivity contribution >= 4 is 45.8 Å². The largest absolute Gasteiger partial charge is 0.347 e. The molecule has 5 heteroatoms. The SMILES string of the molecule is C[C@@H](C1CCCCC1)N1CC(C)(C)SC1=Nc1cccc(Cl)c1Cl. The number of amidine groups is 1. The van der Waals surface area contributed by atoms with Crippen molar-refractivity contribution in [1.29, 1.82) is 0 Å². The van der Waals surface area contributed by atoms with E-state index in [0.29, 0.717) is 16.1 Å².